The van der Waals surface area contributed by atoms with Crippen LogP contribution in [0.4, 0.5) is 0 Å². The van der Waals surface area contributed by atoms with Crippen molar-refractivity contribution in [1.82, 2.24) is 19.7 Å². The standard InChI is InChI=1S/C22H34N4O3S/c1-16(17-7-6-8-17)12-22(2,3)30(27)23-13-19-15-26(25-24-19)14-18-9-10-20(28-4)11-21(18)29-5/h9-11,15-17,23H,6-8,12-14H2,1-5H3/t16-,30?/m1/s1. The van der Waals surface area contributed by atoms with Crippen LogP contribution >= 0.6 is 0 Å². The Kier molecular flexibility index (Phi) is 7.52. The molecule has 30 heavy (non-hydrogen) atoms. The first kappa shape index (κ1) is 22.7. The Balaban J connectivity index is 1.54. The van der Waals surface area contributed by atoms with E-state index in [0.29, 0.717) is 19.0 Å². The summed E-state index contributed by atoms with van der Waals surface area (Å²) in [6, 6.07) is 5.70. The summed E-state index contributed by atoms with van der Waals surface area (Å²) in [5.74, 6) is 2.90. The highest BCUT2D eigenvalue weighted by atomic mass is 32.2. The van der Waals surface area contributed by atoms with Crippen LogP contribution in [0.3, 0.4) is 0 Å². The summed E-state index contributed by atoms with van der Waals surface area (Å²) in [7, 11) is 2.12. The first-order valence-corrected chi connectivity index (χ1v) is 11.7. The normalized spacial score (nSPS) is 16.7. The first-order valence-electron chi connectivity index (χ1n) is 10.6. The van der Waals surface area contributed by atoms with Crippen molar-refractivity contribution in [3.63, 3.8) is 0 Å². The molecule has 0 aliphatic heterocycles. The predicted molar refractivity (Wildman–Crippen MR) is 119 cm³/mol. The summed E-state index contributed by atoms with van der Waals surface area (Å²) in [4.78, 5) is 0. The lowest BCUT2D eigenvalue weighted by atomic mass is 9.74. The number of methoxy groups -OCH3 is 2. The molecule has 1 aromatic carbocycles. The fourth-order valence-electron chi connectivity index (χ4n) is 4.02. The van der Waals surface area contributed by atoms with Crippen LogP contribution in [0.15, 0.2) is 24.4 Å². The van der Waals surface area contributed by atoms with Gasteiger partial charge in [-0.3, -0.25) is 0 Å². The molecule has 0 radical (unpaired) electrons. The van der Waals surface area contributed by atoms with Crippen LogP contribution in [-0.4, -0.2) is 38.2 Å². The van der Waals surface area contributed by atoms with Gasteiger partial charge in [-0.15, -0.1) is 5.10 Å². The fourth-order valence-corrected chi connectivity index (χ4v) is 5.10. The highest BCUT2D eigenvalue weighted by Gasteiger charge is 2.33. The van der Waals surface area contributed by atoms with Gasteiger partial charge in [0.2, 0.25) is 0 Å². The largest absolute Gasteiger partial charge is 0.497 e. The predicted octanol–water partition coefficient (Wildman–Crippen LogP) is 3.70. The molecule has 2 aromatic rings. The van der Waals surface area contributed by atoms with Gasteiger partial charge in [-0.25, -0.2) is 13.6 Å². The van der Waals surface area contributed by atoms with E-state index in [1.165, 1.54) is 19.3 Å². The Labute approximate surface area is 182 Å². The number of ether oxygens (including phenoxy) is 2. The molecule has 166 valence electrons. The molecule has 1 N–H and O–H groups in total. The zero-order chi connectivity index (χ0) is 21.7. The van der Waals surface area contributed by atoms with Gasteiger partial charge >= 0.3 is 0 Å². The van der Waals surface area contributed by atoms with Gasteiger partial charge in [-0.1, -0.05) is 31.4 Å². The first-order chi connectivity index (χ1) is 14.3. The molecule has 7 nitrogen and oxygen atoms in total. The van der Waals surface area contributed by atoms with Gasteiger partial charge in [0.15, 0.2) is 0 Å². The van der Waals surface area contributed by atoms with E-state index in [1.54, 1.807) is 18.9 Å². The SMILES string of the molecule is COc1ccc(Cn2cc(CNS(=O)C(C)(C)C[C@@H](C)C3CCC3)nn2)c(OC)c1. The number of hydrogen-bond donors (Lipinski definition) is 1. The summed E-state index contributed by atoms with van der Waals surface area (Å²) in [5.41, 5.74) is 1.75. The number of nitrogens with one attached hydrogen (secondary N) is 1. The molecular weight excluding hydrogens is 400 g/mol. The van der Waals surface area contributed by atoms with Crippen molar-refractivity contribution >= 4 is 11.0 Å². The minimum Gasteiger partial charge on any atom is -0.497 e. The minimum absolute atomic E-state index is 0.276. The van der Waals surface area contributed by atoms with Gasteiger partial charge in [0.05, 0.1) is 54.9 Å². The third kappa shape index (κ3) is 5.60. The summed E-state index contributed by atoms with van der Waals surface area (Å²) in [5, 5.41) is 8.42. The second-order valence-corrected chi connectivity index (χ2v) is 10.7. The van der Waals surface area contributed by atoms with Crippen LogP contribution in [0.5, 0.6) is 11.5 Å². The van der Waals surface area contributed by atoms with Crippen molar-refractivity contribution in [2.24, 2.45) is 11.8 Å². The lowest BCUT2D eigenvalue weighted by Gasteiger charge is -2.36. The number of benzene rings is 1. The van der Waals surface area contributed by atoms with E-state index in [4.69, 9.17) is 9.47 Å². The summed E-state index contributed by atoms with van der Waals surface area (Å²) >= 11 is 0. The van der Waals surface area contributed by atoms with E-state index >= 15 is 0 Å². The number of rotatable bonds is 11. The summed E-state index contributed by atoms with van der Waals surface area (Å²) in [6.45, 7) is 7.42. The van der Waals surface area contributed by atoms with Crippen molar-refractivity contribution in [2.45, 2.75) is 64.3 Å². The van der Waals surface area contributed by atoms with Crippen LogP contribution in [0.1, 0.15) is 57.7 Å². The van der Waals surface area contributed by atoms with E-state index in [2.05, 4.69) is 35.8 Å². The Morgan fingerprint density at radius 2 is 2.07 bits per heavy atom. The molecule has 8 heteroatoms. The third-order valence-electron chi connectivity index (χ3n) is 6.07. The van der Waals surface area contributed by atoms with E-state index in [0.717, 1.165) is 35.1 Å². The molecule has 0 spiro atoms. The van der Waals surface area contributed by atoms with Gasteiger partial charge in [0, 0.05) is 11.6 Å². The molecule has 0 bridgehead atoms. The van der Waals surface area contributed by atoms with Crippen molar-refractivity contribution in [2.75, 3.05) is 14.2 Å². The molecule has 1 fully saturated rings. The monoisotopic (exact) mass is 434 g/mol. The average Bonchev–Trinajstić information content (AvgIpc) is 3.11. The Morgan fingerprint density at radius 1 is 1.30 bits per heavy atom. The lowest BCUT2D eigenvalue weighted by molar-refractivity contribution is 0.200. The fraction of sp³-hybridized carbons (Fsp3) is 0.636. The molecule has 1 aliphatic rings. The number of nitrogens with zero attached hydrogens (tertiary/aromatic N) is 3. The van der Waals surface area contributed by atoms with E-state index in [-0.39, 0.29) is 4.75 Å². The topological polar surface area (TPSA) is 78.3 Å². The van der Waals surface area contributed by atoms with Crippen LogP contribution in [0.2, 0.25) is 0 Å². The van der Waals surface area contributed by atoms with E-state index < -0.39 is 11.0 Å². The number of aromatic nitrogens is 3. The quantitative estimate of drug-likeness (QED) is 0.583. The molecule has 1 heterocycles. The van der Waals surface area contributed by atoms with Crippen molar-refractivity contribution < 1.29 is 13.7 Å². The molecule has 1 aliphatic carbocycles. The van der Waals surface area contributed by atoms with Crippen LogP contribution in [0.25, 0.3) is 0 Å². The highest BCUT2D eigenvalue weighted by Crippen LogP contribution is 2.38. The smallest absolute Gasteiger partial charge is 0.127 e. The van der Waals surface area contributed by atoms with Crippen molar-refractivity contribution in [3.8, 4) is 11.5 Å². The third-order valence-corrected chi connectivity index (χ3v) is 7.64. The summed E-state index contributed by atoms with van der Waals surface area (Å²) < 4.78 is 28.2. The van der Waals surface area contributed by atoms with Crippen molar-refractivity contribution in [3.05, 3.63) is 35.7 Å². The molecule has 0 saturated heterocycles. The Morgan fingerprint density at radius 3 is 2.70 bits per heavy atom. The zero-order valence-electron chi connectivity index (χ0n) is 18.7. The van der Waals surface area contributed by atoms with Gasteiger partial charge in [0.1, 0.15) is 11.5 Å². The van der Waals surface area contributed by atoms with Gasteiger partial charge in [-0.05, 0) is 44.2 Å². The average molecular weight is 435 g/mol. The molecule has 1 saturated carbocycles. The molecular formula is C22H34N4O3S. The molecule has 3 rings (SSSR count). The Hall–Kier alpha value is -1.93. The second kappa shape index (κ2) is 9.92. The molecule has 2 atom stereocenters. The second-order valence-electron chi connectivity index (χ2n) is 8.81. The summed E-state index contributed by atoms with van der Waals surface area (Å²) in [6.07, 6.45) is 6.81. The molecule has 1 aromatic heterocycles. The van der Waals surface area contributed by atoms with Crippen LogP contribution < -0.4 is 14.2 Å². The highest BCUT2D eigenvalue weighted by molar-refractivity contribution is 7.84. The van der Waals surface area contributed by atoms with E-state index in [9.17, 15) is 4.21 Å². The van der Waals surface area contributed by atoms with Crippen LogP contribution in [-0.2, 0) is 24.1 Å². The minimum atomic E-state index is -1.14. The van der Waals surface area contributed by atoms with Crippen LogP contribution in [0, 0.1) is 11.8 Å². The lowest BCUT2D eigenvalue weighted by Crippen LogP contribution is -2.39. The number of hydrogen-bond acceptors (Lipinski definition) is 5. The molecule has 0 amide bonds. The van der Waals surface area contributed by atoms with Gasteiger partial charge in [0.25, 0.3) is 0 Å². The van der Waals surface area contributed by atoms with Gasteiger partial charge < -0.3 is 9.47 Å². The van der Waals surface area contributed by atoms with Gasteiger partial charge in [-0.2, -0.15) is 0 Å². The Bertz CT molecular complexity index is 864. The maximum atomic E-state index is 12.9. The maximum Gasteiger partial charge on any atom is 0.127 e. The van der Waals surface area contributed by atoms with Crippen molar-refractivity contribution in [1.29, 1.82) is 0 Å². The molecule has 1 unspecified atom stereocenters. The maximum absolute atomic E-state index is 12.9. The zero-order valence-corrected chi connectivity index (χ0v) is 19.5. The van der Waals surface area contributed by atoms with E-state index in [1.807, 2.05) is 24.4 Å².